The van der Waals surface area contributed by atoms with Crippen LogP contribution in [0.15, 0.2) is 18.2 Å². The van der Waals surface area contributed by atoms with E-state index >= 15 is 0 Å². The molecule has 1 aromatic carbocycles. The molecule has 0 spiro atoms. The molecule has 1 saturated heterocycles. The Morgan fingerprint density at radius 3 is 3.06 bits per heavy atom. The molecule has 3 rings (SSSR count). The second-order valence-corrected chi connectivity index (χ2v) is 4.86. The van der Waals surface area contributed by atoms with Crippen molar-refractivity contribution >= 4 is 23.2 Å². The number of rotatable bonds is 0. The molecule has 0 aliphatic carbocycles. The van der Waals surface area contributed by atoms with Gasteiger partial charge in [0.15, 0.2) is 0 Å². The fourth-order valence-electron chi connectivity index (χ4n) is 2.68. The first-order chi connectivity index (χ1) is 7.75. The number of piperidine rings is 1. The zero-order valence-electron chi connectivity index (χ0n) is 8.79. The maximum atomic E-state index is 11.9. The Labute approximate surface area is 99.2 Å². The molecule has 84 valence electrons. The molecule has 0 bridgehead atoms. The summed E-state index contributed by atoms with van der Waals surface area (Å²) in [6.07, 6.45) is 0.905. The number of anilines is 1. The Bertz CT molecular complexity index is 447. The van der Waals surface area contributed by atoms with Crippen LogP contribution in [0.2, 0.25) is 5.02 Å². The van der Waals surface area contributed by atoms with Crippen LogP contribution >= 0.6 is 11.6 Å². The lowest BCUT2D eigenvalue weighted by Gasteiger charge is -2.36. The predicted molar refractivity (Wildman–Crippen MR) is 63.8 cm³/mol. The summed E-state index contributed by atoms with van der Waals surface area (Å²) in [6, 6.07) is 5.68. The summed E-state index contributed by atoms with van der Waals surface area (Å²) in [5, 5.41) is 7.04. The quantitative estimate of drug-likeness (QED) is 0.723. The van der Waals surface area contributed by atoms with Crippen LogP contribution in [0.25, 0.3) is 0 Å². The molecule has 0 aromatic heterocycles. The minimum Gasteiger partial charge on any atom is -0.326 e. The van der Waals surface area contributed by atoms with Gasteiger partial charge in [-0.15, -0.1) is 0 Å². The topological polar surface area (TPSA) is 41.1 Å². The molecule has 4 heteroatoms. The Balaban J connectivity index is 2.07. The van der Waals surface area contributed by atoms with E-state index in [2.05, 4.69) is 10.6 Å². The molecule has 2 aliphatic rings. The molecule has 2 N–H and O–H groups in total. The molecule has 2 heterocycles. The molecular formula is C12H13ClN2O. The zero-order valence-corrected chi connectivity index (χ0v) is 9.55. The van der Waals surface area contributed by atoms with E-state index in [1.165, 1.54) is 5.56 Å². The van der Waals surface area contributed by atoms with Crippen molar-refractivity contribution in [3.05, 3.63) is 28.8 Å². The lowest BCUT2D eigenvalue weighted by atomic mass is 9.78. The van der Waals surface area contributed by atoms with Gasteiger partial charge in [-0.2, -0.15) is 0 Å². The first kappa shape index (κ1) is 10.1. The van der Waals surface area contributed by atoms with Crippen LogP contribution in [-0.2, 0) is 4.79 Å². The van der Waals surface area contributed by atoms with Crippen LogP contribution < -0.4 is 10.6 Å². The Morgan fingerprint density at radius 2 is 2.19 bits per heavy atom. The van der Waals surface area contributed by atoms with E-state index in [0.29, 0.717) is 0 Å². The highest BCUT2D eigenvalue weighted by molar-refractivity contribution is 6.30. The van der Waals surface area contributed by atoms with Crippen molar-refractivity contribution in [1.82, 2.24) is 5.32 Å². The summed E-state index contributed by atoms with van der Waals surface area (Å²) in [5.74, 6) is 0.532. The van der Waals surface area contributed by atoms with E-state index in [0.717, 1.165) is 30.2 Å². The van der Waals surface area contributed by atoms with Gasteiger partial charge in [-0.1, -0.05) is 11.6 Å². The average molecular weight is 237 g/mol. The van der Waals surface area contributed by atoms with E-state index in [1.54, 1.807) is 0 Å². The van der Waals surface area contributed by atoms with Crippen LogP contribution in [0.5, 0.6) is 0 Å². The standard InChI is InChI=1S/C12H13ClN2O/c13-7-1-2-11-9(5-7)10-6-14-4-3-8(10)12(16)15-11/h1-2,5,8,10,14H,3-4,6H2,(H,15,16). The molecule has 2 aliphatic heterocycles. The van der Waals surface area contributed by atoms with E-state index in [-0.39, 0.29) is 17.7 Å². The van der Waals surface area contributed by atoms with Crippen LogP contribution in [0.3, 0.4) is 0 Å². The van der Waals surface area contributed by atoms with Crippen LogP contribution in [0.4, 0.5) is 5.69 Å². The van der Waals surface area contributed by atoms with Crippen molar-refractivity contribution in [3.8, 4) is 0 Å². The number of fused-ring (bicyclic) bond motifs is 3. The van der Waals surface area contributed by atoms with Crippen molar-refractivity contribution in [1.29, 1.82) is 0 Å². The normalized spacial score (nSPS) is 27.9. The molecule has 2 atom stereocenters. The molecule has 1 amide bonds. The molecule has 2 unspecified atom stereocenters. The summed E-state index contributed by atoms with van der Waals surface area (Å²) in [7, 11) is 0. The summed E-state index contributed by atoms with van der Waals surface area (Å²) in [6.45, 7) is 1.79. The SMILES string of the molecule is O=C1Nc2ccc(Cl)cc2C2CNCCC12. The van der Waals surface area contributed by atoms with Gasteiger partial charge in [0, 0.05) is 29.1 Å². The lowest BCUT2D eigenvalue weighted by molar-refractivity contribution is -0.121. The Kier molecular flexibility index (Phi) is 2.37. The van der Waals surface area contributed by atoms with Gasteiger partial charge in [-0.3, -0.25) is 4.79 Å². The molecule has 16 heavy (non-hydrogen) atoms. The zero-order chi connectivity index (χ0) is 11.1. The van der Waals surface area contributed by atoms with Gasteiger partial charge < -0.3 is 10.6 Å². The van der Waals surface area contributed by atoms with Gasteiger partial charge in [-0.05, 0) is 36.7 Å². The minimum absolute atomic E-state index is 0.104. The average Bonchev–Trinajstić information content (AvgIpc) is 2.31. The minimum atomic E-state index is 0.104. The Hall–Kier alpha value is -1.06. The molecule has 1 aromatic rings. The summed E-state index contributed by atoms with van der Waals surface area (Å²) in [4.78, 5) is 11.9. The summed E-state index contributed by atoms with van der Waals surface area (Å²) >= 11 is 6.01. The van der Waals surface area contributed by atoms with Gasteiger partial charge >= 0.3 is 0 Å². The number of carbonyl (C=O) groups is 1. The van der Waals surface area contributed by atoms with Gasteiger partial charge in [0.25, 0.3) is 0 Å². The highest BCUT2D eigenvalue weighted by atomic mass is 35.5. The maximum absolute atomic E-state index is 11.9. The fraction of sp³-hybridized carbons (Fsp3) is 0.417. The second kappa shape index (κ2) is 3.75. The molecular weight excluding hydrogens is 224 g/mol. The van der Waals surface area contributed by atoms with Gasteiger partial charge in [0.1, 0.15) is 0 Å². The van der Waals surface area contributed by atoms with Crippen LogP contribution in [-0.4, -0.2) is 19.0 Å². The number of hydrogen-bond acceptors (Lipinski definition) is 2. The van der Waals surface area contributed by atoms with E-state index in [4.69, 9.17) is 11.6 Å². The largest absolute Gasteiger partial charge is 0.326 e. The van der Waals surface area contributed by atoms with Crippen LogP contribution in [0, 0.1) is 5.92 Å². The molecule has 1 fully saturated rings. The number of hydrogen-bond donors (Lipinski definition) is 2. The summed E-state index contributed by atoms with van der Waals surface area (Å²) in [5.41, 5.74) is 2.09. The molecule has 0 radical (unpaired) electrons. The number of benzene rings is 1. The van der Waals surface area contributed by atoms with Gasteiger partial charge in [-0.25, -0.2) is 0 Å². The maximum Gasteiger partial charge on any atom is 0.228 e. The third-order valence-corrected chi connectivity index (χ3v) is 3.72. The smallest absolute Gasteiger partial charge is 0.228 e. The van der Waals surface area contributed by atoms with Crippen molar-refractivity contribution < 1.29 is 4.79 Å². The monoisotopic (exact) mass is 236 g/mol. The van der Waals surface area contributed by atoms with Crippen molar-refractivity contribution in [2.24, 2.45) is 5.92 Å². The third-order valence-electron chi connectivity index (χ3n) is 3.49. The first-order valence-corrected chi connectivity index (χ1v) is 5.94. The first-order valence-electron chi connectivity index (χ1n) is 5.57. The van der Waals surface area contributed by atoms with E-state index in [1.807, 2.05) is 18.2 Å². The lowest BCUT2D eigenvalue weighted by Crippen LogP contribution is -2.44. The highest BCUT2D eigenvalue weighted by Crippen LogP contribution is 2.39. The van der Waals surface area contributed by atoms with Crippen molar-refractivity contribution in [3.63, 3.8) is 0 Å². The number of halogens is 1. The summed E-state index contributed by atoms with van der Waals surface area (Å²) < 4.78 is 0. The van der Waals surface area contributed by atoms with Gasteiger partial charge in [0.05, 0.1) is 0 Å². The highest BCUT2D eigenvalue weighted by Gasteiger charge is 2.37. The Morgan fingerprint density at radius 1 is 1.31 bits per heavy atom. The molecule has 3 nitrogen and oxygen atoms in total. The number of nitrogens with one attached hydrogen (secondary N) is 2. The number of amides is 1. The van der Waals surface area contributed by atoms with Gasteiger partial charge in [0.2, 0.25) is 5.91 Å². The van der Waals surface area contributed by atoms with E-state index < -0.39 is 0 Å². The molecule has 0 saturated carbocycles. The third kappa shape index (κ3) is 1.51. The van der Waals surface area contributed by atoms with Crippen molar-refractivity contribution in [2.45, 2.75) is 12.3 Å². The number of carbonyl (C=O) groups excluding carboxylic acids is 1. The fourth-order valence-corrected chi connectivity index (χ4v) is 2.86. The van der Waals surface area contributed by atoms with E-state index in [9.17, 15) is 4.79 Å². The van der Waals surface area contributed by atoms with Crippen LogP contribution in [0.1, 0.15) is 17.9 Å². The predicted octanol–water partition coefficient (Wildman–Crippen LogP) is 1.99. The van der Waals surface area contributed by atoms with Crippen molar-refractivity contribution in [2.75, 3.05) is 18.4 Å². The second-order valence-electron chi connectivity index (χ2n) is 4.43.